The molecule has 3 aromatic rings. The van der Waals surface area contributed by atoms with Gasteiger partial charge in [-0.1, -0.05) is 54.1 Å². The van der Waals surface area contributed by atoms with Gasteiger partial charge >= 0.3 is 0 Å². The lowest BCUT2D eigenvalue weighted by atomic mass is 10.1. The Bertz CT molecular complexity index is 1100. The van der Waals surface area contributed by atoms with Crippen LogP contribution >= 0.6 is 11.6 Å². The third kappa shape index (κ3) is 6.05. The van der Waals surface area contributed by atoms with Crippen LogP contribution in [0.3, 0.4) is 0 Å². The molecule has 0 aliphatic carbocycles. The molecule has 0 spiro atoms. The number of benzene rings is 3. The average Bonchev–Trinajstić information content (AvgIpc) is 2.87. The van der Waals surface area contributed by atoms with Gasteiger partial charge in [0.05, 0.1) is 6.54 Å². The Labute approximate surface area is 198 Å². The lowest BCUT2D eigenvalue weighted by molar-refractivity contribution is -0.130. The highest BCUT2D eigenvalue weighted by Crippen LogP contribution is 2.21. The molecule has 6 nitrogen and oxygen atoms in total. The number of para-hydroxylation sites is 1. The maximum atomic E-state index is 12.8. The minimum Gasteiger partial charge on any atom is -0.489 e. The molecule has 1 fully saturated rings. The number of carbonyl (C=O) groups excluding carboxylic acids is 2. The van der Waals surface area contributed by atoms with E-state index in [9.17, 15) is 9.59 Å². The summed E-state index contributed by atoms with van der Waals surface area (Å²) in [6.07, 6.45) is 0. The van der Waals surface area contributed by atoms with Crippen LogP contribution in [0.1, 0.15) is 15.9 Å². The first kappa shape index (κ1) is 22.7. The van der Waals surface area contributed by atoms with Gasteiger partial charge in [0.1, 0.15) is 12.4 Å². The summed E-state index contributed by atoms with van der Waals surface area (Å²) in [5, 5.41) is 3.47. The van der Waals surface area contributed by atoms with Crippen molar-refractivity contribution < 1.29 is 14.3 Å². The normalized spacial score (nSPS) is 13.5. The lowest BCUT2D eigenvalue weighted by Crippen LogP contribution is -2.51. The van der Waals surface area contributed by atoms with Gasteiger partial charge in [0.15, 0.2) is 0 Å². The van der Waals surface area contributed by atoms with E-state index in [1.807, 2.05) is 66.7 Å². The lowest BCUT2D eigenvalue weighted by Gasteiger charge is -2.36. The molecule has 1 heterocycles. The molecule has 4 rings (SSSR count). The minimum atomic E-state index is -0.284. The fourth-order valence-electron chi connectivity index (χ4n) is 3.80. The zero-order valence-electron chi connectivity index (χ0n) is 18.2. The summed E-state index contributed by atoms with van der Waals surface area (Å²) in [6.45, 7) is 2.88. The van der Waals surface area contributed by atoms with Gasteiger partial charge in [0.2, 0.25) is 5.91 Å². The van der Waals surface area contributed by atoms with Crippen LogP contribution in [0.4, 0.5) is 5.69 Å². The standard InChI is InChI=1S/C26H26ClN3O3/c27-21-8-6-9-22(17-21)29-13-15-30(16-14-29)25(31)18-28-26(32)24-12-5-4-7-20(24)19-33-23-10-2-1-3-11-23/h1-12,17H,13-16,18-19H2,(H,28,32). The molecule has 1 N–H and O–H groups in total. The van der Waals surface area contributed by atoms with Crippen molar-refractivity contribution in [1.82, 2.24) is 10.2 Å². The minimum absolute atomic E-state index is 0.0378. The third-order valence-electron chi connectivity index (χ3n) is 5.61. The van der Waals surface area contributed by atoms with Crippen LogP contribution in [-0.2, 0) is 11.4 Å². The second-order valence-electron chi connectivity index (χ2n) is 7.79. The fraction of sp³-hybridized carbons (Fsp3) is 0.231. The van der Waals surface area contributed by atoms with E-state index in [1.165, 1.54) is 0 Å². The number of hydrogen-bond acceptors (Lipinski definition) is 4. The maximum absolute atomic E-state index is 12.8. The molecule has 1 saturated heterocycles. The molecule has 0 unspecified atom stereocenters. The van der Waals surface area contributed by atoms with Crippen LogP contribution in [0.2, 0.25) is 5.02 Å². The highest BCUT2D eigenvalue weighted by molar-refractivity contribution is 6.30. The van der Waals surface area contributed by atoms with Crippen molar-refractivity contribution in [2.75, 3.05) is 37.6 Å². The highest BCUT2D eigenvalue weighted by atomic mass is 35.5. The Kier molecular flexibility index (Phi) is 7.47. The van der Waals surface area contributed by atoms with Crippen LogP contribution in [0, 0.1) is 0 Å². The second-order valence-corrected chi connectivity index (χ2v) is 8.23. The summed E-state index contributed by atoms with van der Waals surface area (Å²) in [5.74, 6) is 0.361. The van der Waals surface area contributed by atoms with Crippen LogP contribution in [-0.4, -0.2) is 49.4 Å². The van der Waals surface area contributed by atoms with E-state index in [0.717, 1.165) is 30.1 Å². The van der Waals surface area contributed by atoms with Crippen molar-refractivity contribution >= 4 is 29.1 Å². The molecule has 3 aromatic carbocycles. The summed E-state index contributed by atoms with van der Waals surface area (Å²) >= 11 is 6.09. The van der Waals surface area contributed by atoms with Crippen LogP contribution < -0.4 is 15.0 Å². The topological polar surface area (TPSA) is 61.9 Å². The van der Waals surface area contributed by atoms with Gasteiger partial charge in [-0.3, -0.25) is 9.59 Å². The first-order valence-corrected chi connectivity index (χ1v) is 11.3. The van der Waals surface area contributed by atoms with Crippen molar-refractivity contribution in [2.24, 2.45) is 0 Å². The Morgan fingerprint density at radius 3 is 2.36 bits per heavy atom. The Balaban J connectivity index is 1.28. The number of nitrogens with zero attached hydrogens (tertiary/aromatic N) is 2. The van der Waals surface area contributed by atoms with Crippen molar-refractivity contribution in [3.8, 4) is 5.75 Å². The molecule has 33 heavy (non-hydrogen) atoms. The third-order valence-corrected chi connectivity index (χ3v) is 5.84. The summed E-state index contributed by atoms with van der Waals surface area (Å²) < 4.78 is 5.79. The number of nitrogens with one attached hydrogen (secondary N) is 1. The monoisotopic (exact) mass is 463 g/mol. The largest absolute Gasteiger partial charge is 0.489 e. The molecular formula is C26H26ClN3O3. The molecular weight excluding hydrogens is 438 g/mol. The molecule has 0 aromatic heterocycles. The summed E-state index contributed by atoms with van der Waals surface area (Å²) in [7, 11) is 0. The summed E-state index contributed by atoms with van der Waals surface area (Å²) in [5.41, 5.74) is 2.32. The number of amides is 2. The number of anilines is 1. The van der Waals surface area contributed by atoms with E-state index >= 15 is 0 Å². The zero-order chi connectivity index (χ0) is 23.0. The van der Waals surface area contributed by atoms with Crippen molar-refractivity contribution in [1.29, 1.82) is 0 Å². The first-order valence-electron chi connectivity index (χ1n) is 10.9. The van der Waals surface area contributed by atoms with Crippen molar-refractivity contribution in [3.05, 3.63) is 95.0 Å². The van der Waals surface area contributed by atoms with Crippen molar-refractivity contribution in [2.45, 2.75) is 6.61 Å². The quantitative estimate of drug-likeness (QED) is 0.575. The van der Waals surface area contributed by atoms with E-state index in [0.29, 0.717) is 23.7 Å². The molecule has 0 atom stereocenters. The van der Waals surface area contributed by atoms with Gasteiger partial charge in [0, 0.05) is 48.0 Å². The molecule has 0 bridgehead atoms. The van der Waals surface area contributed by atoms with Crippen LogP contribution in [0.15, 0.2) is 78.9 Å². The average molecular weight is 464 g/mol. The Hall–Kier alpha value is -3.51. The second kappa shape index (κ2) is 10.9. The SMILES string of the molecule is O=C(NCC(=O)N1CCN(c2cccc(Cl)c2)CC1)c1ccccc1COc1ccccc1. The Morgan fingerprint density at radius 1 is 0.879 bits per heavy atom. The number of hydrogen-bond donors (Lipinski definition) is 1. The summed E-state index contributed by atoms with van der Waals surface area (Å²) in [4.78, 5) is 29.4. The van der Waals surface area contributed by atoms with Gasteiger partial charge in [-0.25, -0.2) is 0 Å². The van der Waals surface area contributed by atoms with E-state index in [-0.39, 0.29) is 25.0 Å². The highest BCUT2D eigenvalue weighted by Gasteiger charge is 2.22. The molecule has 170 valence electrons. The fourth-order valence-corrected chi connectivity index (χ4v) is 3.98. The molecule has 0 saturated carbocycles. The first-order chi connectivity index (χ1) is 16.1. The smallest absolute Gasteiger partial charge is 0.252 e. The zero-order valence-corrected chi connectivity index (χ0v) is 19.0. The Morgan fingerprint density at radius 2 is 1.61 bits per heavy atom. The molecule has 2 amide bonds. The van der Waals surface area contributed by atoms with Gasteiger partial charge in [-0.05, 0) is 36.4 Å². The van der Waals surface area contributed by atoms with Gasteiger partial charge in [0.25, 0.3) is 5.91 Å². The number of rotatable bonds is 7. The molecule has 0 radical (unpaired) electrons. The number of piperazine rings is 1. The van der Waals surface area contributed by atoms with Crippen molar-refractivity contribution in [3.63, 3.8) is 0 Å². The van der Waals surface area contributed by atoms with Gasteiger partial charge < -0.3 is 19.9 Å². The predicted octanol–water partition coefficient (Wildman–Crippen LogP) is 4.00. The molecule has 7 heteroatoms. The van der Waals surface area contributed by atoms with Crippen LogP contribution in [0.25, 0.3) is 0 Å². The number of carbonyl (C=O) groups is 2. The van der Waals surface area contributed by atoms with Gasteiger partial charge in [-0.15, -0.1) is 0 Å². The van der Waals surface area contributed by atoms with E-state index in [1.54, 1.807) is 17.0 Å². The maximum Gasteiger partial charge on any atom is 0.252 e. The molecule has 1 aliphatic heterocycles. The van der Waals surface area contributed by atoms with E-state index < -0.39 is 0 Å². The molecule has 1 aliphatic rings. The summed E-state index contributed by atoms with van der Waals surface area (Å²) in [6, 6.07) is 24.4. The number of halogens is 1. The van der Waals surface area contributed by atoms with Gasteiger partial charge in [-0.2, -0.15) is 0 Å². The van der Waals surface area contributed by atoms with E-state index in [4.69, 9.17) is 16.3 Å². The predicted molar refractivity (Wildman–Crippen MR) is 130 cm³/mol. The van der Waals surface area contributed by atoms with E-state index in [2.05, 4.69) is 10.2 Å². The van der Waals surface area contributed by atoms with Crippen LogP contribution in [0.5, 0.6) is 5.75 Å². The number of ether oxygens (including phenoxy) is 1.